The van der Waals surface area contributed by atoms with Crippen molar-refractivity contribution in [3.63, 3.8) is 0 Å². The first kappa shape index (κ1) is 9.33. The number of thiophene rings is 1. The minimum Gasteiger partial charge on any atom is -0.351 e. The van der Waals surface area contributed by atoms with Gasteiger partial charge in [-0.25, -0.2) is 4.39 Å². The van der Waals surface area contributed by atoms with Crippen molar-refractivity contribution in [1.82, 2.24) is 5.32 Å². The molecule has 2 aliphatic rings. The predicted octanol–water partition coefficient (Wildman–Crippen LogP) is 2.42. The van der Waals surface area contributed by atoms with Crippen molar-refractivity contribution < 1.29 is 9.18 Å². The maximum absolute atomic E-state index is 13.1. The number of hydrogen-bond acceptors (Lipinski definition) is 2. The van der Waals surface area contributed by atoms with Crippen molar-refractivity contribution in [2.24, 2.45) is 11.3 Å². The van der Waals surface area contributed by atoms with E-state index in [1.165, 1.54) is 25.3 Å². The van der Waals surface area contributed by atoms with Crippen molar-refractivity contribution >= 4 is 17.2 Å². The van der Waals surface area contributed by atoms with Crippen molar-refractivity contribution in [2.45, 2.75) is 19.3 Å². The number of halogens is 1. The lowest BCUT2D eigenvalue weighted by atomic mass is 10.3. The van der Waals surface area contributed by atoms with Crippen molar-refractivity contribution in [3.8, 4) is 0 Å². The van der Waals surface area contributed by atoms with Crippen LogP contribution in [0.2, 0.25) is 0 Å². The average molecular weight is 225 g/mol. The van der Waals surface area contributed by atoms with E-state index in [4.69, 9.17) is 0 Å². The van der Waals surface area contributed by atoms with Crippen LogP contribution in [0.5, 0.6) is 0 Å². The summed E-state index contributed by atoms with van der Waals surface area (Å²) in [5.74, 6) is -0.0101. The lowest BCUT2D eigenvalue weighted by Gasteiger charge is -2.02. The predicted molar refractivity (Wildman–Crippen MR) is 56.4 cm³/mol. The Morgan fingerprint density at radius 1 is 1.67 bits per heavy atom. The average Bonchev–Trinajstić information content (AvgIpc) is 3.10. The third kappa shape index (κ3) is 1.57. The van der Waals surface area contributed by atoms with Crippen LogP contribution in [0.25, 0.3) is 0 Å². The number of nitrogens with one attached hydrogen (secondary N) is 1. The van der Waals surface area contributed by atoms with Gasteiger partial charge in [0.1, 0.15) is 10.7 Å². The molecule has 4 heteroatoms. The number of carbonyl (C=O) groups is 1. The molecule has 0 bridgehead atoms. The molecule has 2 saturated carbocycles. The van der Waals surface area contributed by atoms with Gasteiger partial charge in [0.05, 0.1) is 0 Å². The quantitative estimate of drug-likeness (QED) is 0.841. The lowest BCUT2D eigenvalue weighted by molar-refractivity contribution is 0.0951. The SMILES string of the molecule is O=C(NCC1CC12CC2)c1sccc1F. The van der Waals surface area contributed by atoms with E-state index in [0.29, 0.717) is 11.3 Å². The molecule has 0 aliphatic heterocycles. The van der Waals surface area contributed by atoms with Gasteiger partial charge in [0.25, 0.3) is 5.91 Å². The molecule has 2 aliphatic carbocycles. The Bertz CT molecular complexity index is 410. The van der Waals surface area contributed by atoms with Crippen LogP contribution in [-0.2, 0) is 0 Å². The Kier molecular flexibility index (Phi) is 1.89. The van der Waals surface area contributed by atoms with Crippen LogP contribution in [0, 0.1) is 17.2 Å². The Labute approximate surface area is 91.5 Å². The first-order valence-electron chi connectivity index (χ1n) is 5.22. The van der Waals surface area contributed by atoms with E-state index in [1.54, 1.807) is 5.38 Å². The second kappa shape index (κ2) is 3.04. The zero-order valence-electron chi connectivity index (χ0n) is 8.25. The van der Waals surface area contributed by atoms with E-state index in [2.05, 4.69) is 5.32 Å². The molecule has 1 aromatic heterocycles. The molecule has 1 atom stereocenters. The Balaban J connectivity index is 1.55. The summed E-state index contributed by atoms with van der Waals surface area (Å²) in [6.45, 7) is 0.718. The van der Waals surface area contributed by atoms with Gasteiger partial charge >= 0.3 is 0 Å². The number of amides is 1. The van der Waals surface area contributed by atoms with Crippen LogP contribution in [0.1, 0.15) is 28.9 Å². The van der Waals surface area contributed by atoms with Gasteiger partial charge in [-0.2, -0.15) is 0 Å². The topological polar surface area (TPSA) is 29.1 Å². The van der Waals surface area contributed by atoms with Crippen molar-refractivity contribution in [1.29, 1.82) is 0 Å². The van der Waals surface area contributed by atoms with Gasteiger partial charge in [-0.05, 0) is 42.0 Å². The molecule has 80 valence electrons. The molecule has 0 radical (unpaired) electrons. The minimum atomic E-state index is -0.408. The molecule has 1 unspecified atom stereocenters. The summed E-state index contributed by atoms with van der Waals surface area (Å²) < 4.78 is 13.1. The molecule has 1 N–H and O–H groups in total. The summed E-state index contributed by atoms with van der Waals surface area (Å²) in [5, 5.41) is 4.42. The van der Waals surface area contributed by atoms with Crippen LogP contribution < -0.4 is 5.32 Å². The van der Waals surface area contributed by atoms with Gasteiger partial charge in [-0.3, -0.25) is 4.79 Å². The van der Waals surface area contributed by atoms with E-state index < -0.39 is 5.82 Å². The van der Waals surface area contributed by atoms with Gasteiger partial charge in [0, 0.05) is 6.54 Å². The number of rotatable bonds is 3. The normalized spacial score (nSPS) is 25.3. The zero-order chi connectivity index (χ0) is 10.5. The monoisotopic (exact) mass is 225 g/mol. The molecule has 3 rings (SSSR count). The largest absolute Gasteiger partial charge is 0.351 e. The van der Waals surface area contributed by atoms with Gasteiger partial charge in [-0.1, -0.05) is 0 Å². The highest BCUT2D eigenvalue weighted by Gasteiger charge is 2.62. The fraction of sp³-hybridized carbons (Fsp3) is 0.545. The van der Waals surface area contributed by atoms with Crippen molar-refractivity contribution in [2.75, 3.05) is 6.54 Å². The molecule has 1 aromatic rings. The van der Waals surface area contributed by atoms with E-state index in [9.17, 15) is 9.18 Å². The first-order chi connectivity index (χ1) is 7.21. The molecule has 1 spiro atoms. The smallest absolute Gasteiger partial charge is 0.264 e. The zero-order valence-corrected chi connectivity index (χ0v) is 9.07. The van der Waals surface area contributed by atoms with Crippen LogP contribution in [0.3, 0.4) is 0 Å². The van der Waals surface area contributed by atoms with E-state index in [0.717, 1.165) is 17.9 Å². The summed E-state index contributed by atoms with van der Waals surface area (Å²) in [7, 11) is 0. The van der Waals surface area contributed by atoms with Crippen LogP contribution in [0.4, 0.5) is 4.39 Å². The fourth-order valence-electron chi connectivity index (χ4n) is 2.25. The molecule has 0 aromatic carbocycles. The fourth-order valence-corrected chi connectivity index (χ4v) is 2.93. The molecular weight excluding hydrogens is 213 g/mol. The Morgan fingerprint density at radius 2 is 2.47 bits per heavy atom. The third-order valence-corrected chi connectivity index (χ3v) is 4.47. The Hall–Kier alpha value is -0.900. The van der Waals surface area contributed by atoms with Gasteiger partial charge < -0.3 is 5.32 Å². The van der Waals surface area contributed by atoms with Crippen LogP contribution >= 0.6 is 11.3 Å². The summed E-state index contributed by atoms with van der Waals surface area (Å²) in [6.07, 6.45) is 3.89. The molecule has 0 saturated heterocycles. The first-order valence-corrected chi connectivity index (χ1v) is 6.10. The molecule has 1 amide bonds. The highest BCUT2D eigenvalue weighted by atomic mass is 32.1. The summed E-state index contributed by atoms with van der Waals surface area (Å²) in [6, 6.07) is 1.33. The standard InChI is InChI=1S/C11H12FNOS/c12-8-1-4-15-9(8)10(14)13-6-7-5-11(7)2-3-11/h1,4,7H,2-3,5-6H2,(H,13,14). The van der Waals surface area contributed by atoms with Crippen LogP contribution in [-0.4, -0.2) is 12.5 Å². The highest BCUT2D eigenvalue weighted by Crippen LogP contribution is 2.70. The summed E-state index contributed by atoms with van der Waals surface area (Å²) in [4.78, 5) is 11.8. The second-order valence-electron chi connectivity index (χ2n) is 4.57. The molecule has 2 fully saturated rings. The van der Waals surface area contributed by atoms with Crippen molar-refractivity contribution in [3.05, 3.63) is 22.1 Å². The summed E-state index contributed by atoms with van der Waals surface area (Å²) in [5.41, 5.74) is 0.598. The maximum atomic E-state index is 13.1. The molecular formula is C11H12FNOS. The van der Waals surface area contributed by atoms with Gasteiger partial charge in [0.15, 0.2) is 0 Å². The van der Waals surface area contributed by atoms with Gasteiger partial charge in [-0.15, -0.1) is 11.3 Å². The highest BCUT2D eigenvalue weighted by molar-refractivity contribution is 7.12. The van der Waals surface area contributed by atoms with E-state index >= 15 is 0 Å². The molecule has 15 heavy (non-hydrogen) atoms. The minimum absolute atomic E-state index is 0.209. The second-order valence-corrected chi connectivity index (χ2v) is 5.49. The lowest BCUT2D eigenvalue weighted by Crippen LogP contribution is -2.25. The van der Waals surface area contributed by atoms with Gasteiger partial charge in [0.2, 0.25) is 0 Å². The maximum Gasteiger partial charge on any atom is 0.264 e. The van der Waals surface area contributed by atoms with Crippen LogP contribution in [0.15, 0.2) is 11.4 Å². The number of hydrogen-bond donors (Lipinski definition) is 1. The van der Waals surface area contributed by atoms with E-state index in [1.807, 2.05) is 0 Å². The van der Waals surface area contributed by atoms with E-state index in [-0.39, 0.29) is 10.8 Å². The number of carbonyl (C=O) groups excluding carboxylic acids is 1. The molecule has 1 heterocycles. The molecule has 2 nitrogen and oxygen atoms in total. The summed E-state index contributed by atoms with van der Waals surface area (Å²) >= 11 is 1.16. The third-order valence-electron chi connectivity index (χ3n) is 3.58. The Morgan fingerprint density at radius 3 is 3.00 bits per heavy atom.